The number of aromatic nitrogens is 2. The number of aromatic amines is 1. The van der Waals surface area contributed by atoms with Crippen LogP contribution >= 0.6 is 24.8 Å². The number of nitrogens with one attached hydrogen (secondary N) is 2. The Bertz CT molecular complexity index is 865. The number of carbonyl (C=O) groups excluding carboxylic acids is 1. The first-order valence-electron chi connectivity index (χ1n) is 8.41. The summed E-state index contributed by atoms with van der Waals surface area (Å²) in [6, 6.07) is 14.0. The molecule has 0 aliphatic heterocycles. The maximum absolute atomic E-state index is 12.2. The van der Waals surface area contributed by atoms with Gasteiger partial charge in [0.05, 0.1) is 0 Å². The van der Waals surface area contributed by atoms with Crippen LogP contribution in [0.15, 0.2) is 60.9 Å². The van der Waals surface area contributed by atoms with Gasteiger partial charge in [0.1, 0.15) is 5.65 Å². The number of hydrogen-bond acceptors (Lipinski definition) is 3. The Labute approximate surface area is 171 Å². The normalized spacial score (nSPS) is 11.6. The molecule has 5 nitrogen and oxygen atoms in total. The summed E-state index contributed by atoms with van der Waals surface area (Å²) in [5.41, 5.74) is 8.79. The maximum Gasteiger partial charge on any atom is 0.244 e. The van der Waals surface area contributed by atoms with E-state index in [1.807, 2.05) is 36.5 Å². The van der Waals surface area contributed by atoms with Crippen LogP contribution in [0.3, 0.4) is 0 Å². The monoisotopic (exact) mass is 406 g/mol. The highest BCUT2D eigenvalue weighted by Crippen LogP contribution is 2.16. The lowest BCUT2D eigenvalue weighted by molar-refractivity contribution is -0.117. The van der Waals surface area contributed by atoms with Crippen LogP contribution in [0.5, 0.6) is 0 Å². The number of halogens is 2. The molecule has 0 fully saturated rings. The van der Waals surface area contributed by atoms with Gasteiger partial charge in [-0.05, 0) is 36.6 Å². The van der Waals surface area contributed by atoms with Crippen molar-refractivity contribution in [1.29, 1.82) is 0 Å². The average molecular weight is 407 g/mol. The van der Waals surface area contributed by atoms with E-state index in [0.29, 0.717) is 6.54 Å². The molecule has 1 aromatic carbocycles. The Morgan fingerprint density at radius 1 is 1.19 bits per heavy atom. The van der Waals surface area contributed by atoms with Crippen molar-refractivity contribution < 1.29 is 4.79 Å². The van der Waals surface area contributed by atoms with Gasteiger partial charge in [0.25, 0.3) is 0 Å². The van der Waals surface area contributed by atoms with Gasteiger partial charge in [0, 0.05) is 42.0 Å². The fourth-order valence-corrected chi connectivity index (χ4v) is 2.76. The number of carbonyl (C=O) groups is 1. The zero-order valence-electron chi connectivity index (χ0n) is 14.8. The zero-order valence-corrected chi connectivity index (χ0v) is 16.4. The summed E-state index contributed by atoms with van der Waals surface area (Å²) in [6.45, 7) is 0.420. The standard InChI is InChI=1S/C20H22N4O.2ClH/c21-13-17(10-8-15-5-2-1-3-6-15)24-19(25)11-9-16-14-23-20-18(16)7-4-12-22-20;;/h1-7,9,11-12,14,17H,8,10,13,21H2,(H,22,23)(H,24,25);2*1H/t17-;;/m0../s1. The zero-order chi connectivity index (χ0) is 17.5. The summed E-state index contributed by atoms with van der Waals surface area (Å²) in [7, 11) is 0. The van der Waals surface area contributed by atoms with Crippen LogP contribution in [0.25, 0.3) is 17.1 Å². The SMILES string of the molecule is Cl.Cl.NC[C@H](CCc1ccccc1)NC(=O)C=Cc1c[nH]c2ncccc12. The summed E-state index contributed by atoms with van der Waals surface area (Å²) < 4.78 is 0. The van der Waals surface area contributed by atoms with Crippen molar-refractivity contribution in [2.45, 2.75) is 18.9 Å². The summed E-state index contributed by atoms with van der Waals surface area (Å²) >= 11 is 0. The topological polar surface area (TPSA) is 83.8 Å². The molecule has 27 heavy (non-hydrogen) atoms. The van der Waals surface area contributed by atoms with Gasteiger partial charge < -0.3 is 16.0 Å². The lowest BCUT2D eigenvalue weighted by Crippen LogP contribution is -2.39. The van der Waals surface area contributed by atoms with Crippen molar-refractivity contribution in [3.05, 3.63) is 72.1 Å². The van der Waals surface area contributed by atoms with Gasteiger partial charge in [-0.15, -0.1) is 24.8 Å². The minimum atomic E-state index is -0.137. The largest absolute Gasteiger partial charge is 0.349 e. The van der Waals surface area contributed by atoms with E-state index < -0.39 is 0 Å². The van der Waals surface area contributed by atoms with E-state index in [4.69, 9.17) is 5.73 Å². The van der Waals surface area contributed by atoms with E-state index in [-0.39, 0.29) is 36.8 Å². The molecule has 2 aromatic heterocycles. The first-order chi connectivity index (χ1) is 12.3. The quantitative estimate of drug-likeness (QED) is 0.525. The van der Waals surface area contributed by atoms with Crippen molar-refractivity contribution in [2.24, 2.45) is 5.73 Å². The maximum atomic E-state index is 12.2. The fraction of sp³-hybridized carbons (Fsp3) is 0.200. The molecule has 3 aromatic rings. The van der Waals surface area contributed by atoms with Crippen molar-refractivity contribution >= 4 is 47.8 Å². The minimum Gasteiger partial charge on any atom is -0.349 e. The van der Waals surface area contributed by atoms with Crippen molar-refractivity contribution in [3.8, 4) is 0 Å². The molecule has 0 saturated heterocycles. The third-order valence-electron chi connectivity index (χ3n) is 4.15. The first kappa shape index (κ1) is 22.7. The Balaban J connectivity index is 0.00000182. The molecule has 4 N–H and O–H groups in total. The number of rotatable bonds is 7. The minimum absolute atomic E-state index is 0. The Kier molecular flexibility index (Phi) is 9.58. The van der Waals surface area contributed by atoms with Gasteiger partial charge in [-0.1, -0.05) is 30.3 Å². The molecule has 1 atom stereocenters. The third-order valence-corrected chi connectivity index (χ3v) is 4.15. The van der Waals surface area contributed by atoms with Crippen LogP contribution < -0.4 is 11.1 Å². The number of benzene rings is 1. The molecule has 0 saturated carbocycles. The lowest BCUT2D eigenvalue weighted by atomic mass is 10.1. The van der Waals surface area contributed by atoms with E-state index >= 15 is 0 Å². The van der Waals surface area contributed by atoms with Crippen molar-refractivity contribution in [2.75, 3.05) is 6.54 Å². The highest BCUT2D eigenvalue weighted by atomic mass is 35.5. The van der Waals surface area contributed by atoms with Crippen LogP contribution in [0.4, 0.5) is 0 Å². The number of aryl methyl sites for hydroxylation is 1. The van der Waals surface area contributed by atoms with E-state index in [2.05, 4.69) is 27.4 Å². The number of fused-ring (bicyclic) bond motifs is 1. The van der Waals surface area contributed by atoms with Crippen LogP contribution in [-0.4, -0.2) is 28.5 Å². The van der Waals surface area contributed by atoms with Crippen LogP contribution in [0, 0.1) is 0 Å². The van der Waals surface area contributed by atoms with Crippen LogP contribution in [-0.2, 0) is 11.2 Å². The second-order valence-electron chi connectivity index (χ2n) is 5.94. The van der Waals surface area contributed by atoms with Gasteiger partial charge in [0.2, 0.25) is 5.91 Å². The van der Waals surface area contributed by atoms with Gasteiger partial charge >= 0.3 is 0 Å². The summed E-state index contributed by atoms with van der Waals surface area (Å²) in [5, 5.41) is 3.96. The van der Waals surface area contributed by atoms with E-state index in [1.165, 1.54) is 5.56 Å². The van der Waals surface area contributed by atoms with E-state index in [9.17, 15) is 4.79 Å². The number of amides is 1. The molecule has 0 radical (unpaired) electrons. The molecule has 0 aliphatic carbocycles. The lowest BCUT2D eigenvalue weighted by Gasteiger charge is -2.15. The van der Waals surface area contributed by atoms with Gasteiger partial charge in [0.15, 0.2) is 0 Å². The van der Waals surface area contributed by atoms with Crippen LogP contribution in [0.2, 0.25) is 0 Å². The predicted molar refractivity (Wildman–Crippen MR) is 115 cm³/mol. The Hall–Kier alpha value is -2.34. The van der Waals surface area contributed by atoms with E-state index in [0.717, 1.165) is 29.4 Å². The molecule has 0 aliphatic rings. The molecule has 2 heterocycles. The van der Waals surface area contributed by atoms with Crippen LogP contribution in [0.1, 0.15) is 17.5 Å². The first-order valence-corrected chi connectivity index (χ1v) is 8.41. The average Bonchev–Trinajstić information content (AvgIpc) is 3.07. The second-order valence-corrected chi connectivity index (χ2v) is 5.94. The predicted octanol–water partition coefficient (Wildman–Crippen LogP) is 3.50. The second kappa shape index (κ2) is 11.4. The molecule has 3 rings (SSSR count). The van der Waals surface area contributed by atoms with Crippen molar-refractivity contribution in [1.82, 2.24) is 15.3 Å². The van der Waals surface area contributed by atoms with Gasteiger partial charge in [-0.2, -0.15) is 0 Å². The molecule has 1 amide bonds. The molecule has 7 heteroatoms. The summed E-state index contributed by atoms with van der Waals surface area (Å²) in [4.78, 5) is 19.5. The highest BCUT2D eigenvalue weighted by Gasteiger charge is 2.09. The molecular weight excluding hydrogens is 383 g/mol. The third kappa shape index (κ3) is 6.40. The molecular formula is C20H24Cl2N4O. The number of nitrogens with two attached hydrogens (primary N) is 1. The van der Waals surface area contributed by atoms with Gasteiger partial charge in [-0.25, -0.2) is 4.98 Å². The molecule has 0 bridgehead atoms. The number of hydrogen-bond donors (Lipinski definition) is 3. The summed E-state index contributed by atoms with van der Waals surface area (Å²) in [5.74, 6) is -0.137. The Morgan fingerprint density at radius 3 is 2.70 bits per heavy atom. The van der Waals surface area contributed by atoms with Gasteiger partial charge in [-0.3, -0.25) is 4.79 Å². The Morgan fingerprint density at radius 2 is 1.96 bits per heavy atom. The smallest absolute Gasteiger partial charge is 0.244 e. The summed E-state index contributed by atoms with van der Waals surface area (Å²) in [6.07, 6.45) is 8.62. The number of H-pyrrole nitrogens is 1. The number of pyridine rings is 1. The highest BCUT2D eigenvalue weighted by molar-refractivity contribution is 5.95. The van der Waals surface area contributed by atoms with E-state index in [1.54, 1.807) is 18.3 Å². The molecule has 144 valence electrons. The molecule has 0 spiro atoms. The molecule has 0 unspecified atom stereocenters. The number of nitrogens with zero attached hydrogens (tertiary/aromatic N) is 1. The van der Waals surface area contributed by atoms with Crippen molar-refractivity contribution in [3.63, 3.8) is 0 Å². The fourth-order valence-electron chi connectivity index (χ4n) is 2.76.